The van der Waals surface area contributed by atoms with E-state index in [2.05, 4.69) is 15.9 Å². The van der Waals surface area contributed by atoms with Gasteiger partial charge in [-0.25, -0.2) is 4.39 Å². The average molecular weight is 373 g/mol. The van der Waals surface area contributed by atoms with E-state index in [1.54, 1.807) is 19.2 Å². The number of nitrogens with two attached hydrogens (primary N) is 1. The molecule has 21 heavy (non-hydrogen) atoms. The standard InChI is InChI=1S/C16H16BrClFNO/c1-8-7-11(17)9(2)13(16(8)21-3)15(20)10-5-4-6-12(18)14(10)19/h4-7,15H,20H2,1-3H3. The molecule has 0 bridgehead atoms. The lowest BCUT2D eigenvalue weighted by atomic mass is 9.92. The minimum absolute atomic E-state index is 0.0614. The van der Waals surface area contributed by atoms with Crippen LogP contribution in [0, 0.1) is 19.7 Å². The molecule has 0 heterocycles. The first-order chi connectivity index (χ1) is 9.88. The first-order valence-electron chi connectivity index (χ1n) is 6.41. The largest absolute Gasteiger partial charge is 0.496 e. The van der Waals surface area contributed by atoms with E-state index in [0.717, 1.165) is 21.2 Å². The number of halogens is 3. The minimum atomic E-state index is -0.658. The van der Waals surface area contributed by atoms with Gasteiger partial charge >= 0.3 is 0 Å². The highest BCUT2D eigenvalue weighted by molar-refractivity contribution is 9.10. The van der Waals surface area contributed by atoms with Gasteiger partial charge in [0.1, 0.15) is 11.6 Å². The van der Waals surface area contributed by atoms with Crippen LogP contribution in [-0.2, 0) is 0 Å². The summed E-state index contributed by atoms with van der Waals surface area (Å²) >= 11 is 9.35. The molecule has 0 radical (unpaired) electrons. The van der Waals surface area contributed by atoms with Crippen molar-refractivity contribution in [2.45, 2.75) is 19.9 Å². The van der Waals surface area contributed by atoms with Crippen molar-refractivity contribution in [1.82, 2.24) is 0 Å². The Balaban J connectivity index is 2.68. The molecule has 0 aliphatic heterocycles. The Morgan fingerprint density at radius 2 is 2.00 bits per heavy atom. The van der Waals surface area contributed by atoms with E-state index in [9.17, 15) is 4.39 Å². The Labute approximate surface area is 137 Å². The summed E-state index contributed by atoms with van der Waals surface area (Å²) in [7, 11) is 1.58. The maximum absolute atomic E-state index is 14.2. The van der Waals surface area contributed by atoms with Gasteiger partial charge in [-0.3, -0.25) is 0 Å². The zero-order chi connectivity index (χ0) is 15.7. The topological polar surface area (TPSA) is 35.2 Å². The van der Waals surface area contributed by atoms with E-state index in [-0.39, 0.29) is 5.02 Å². The molecule has 2 aromatic carbocycles. The molecule has 1 atom stereocenters. The summed E-state index contributed by atoms with van der Waals surface area (Å²) in [5.74, 6) is 0.174. The summed E-state index contributed by atoms with van der Waals surface area (Å²) < 4.78 is 20.6. The molecule has 2 nitrogen and oxygen atoms in total. The normalized spacial score (nSPS) is 12.3. The molecule has 5 heteroatoms. The summed E-state index contributed by atoms with van der Waals surface area (Å²) in [6.45, 7) is 3.84. The van der Waals surface area contributed by atoms with Crippen molar-refractivity contribution in [3.8, 4) is 5.75 Å². The third-order valence-corrected chi connectivity index (χ3v) is 4.66. The van der Waals surface area contributed by atoms with Crippen LogP contribution in [0.15, 0.2) is 28.7 Å². The molecule has 0 aliphatic rings. The highest BCUT2D eigenvalue weighted by Gasteiger charge is 2.23. The lowest BCUT2D eigenvalue weighted by Crippen LogP contribution is -2.17. The molecular weight excluding hydrogens is 357 g/mol. The minimum Gasteiger partial charge on any atom is -0.496 e. The van der Waals surface area contributed by atoms with Crippen LogP contribution >= 0.6 is 27.5 Å². The Morgan fingerprint density at radius 3 is 2.62 bits per heavy atom. The van der Waals surface area contributed by atoms with Gasteiger partial charge in [0, 0.05) is 15.6 Å². The highest BCUT2D eigenvalue weighted by atomic mass is 79.9. The summed E-state index contributed by atoms with van der Waals surface area (Å²) in [6.07, 6.45) is 0. The quantitative estimate of drug-likeness (QED) is 0.830. The summed E-state index contributed by atoms with van der Waals surface area (Å²) in [4.78, 5) is 0. The van der Waals surface area contributed by atoms with Gasteiger partial charge in [0.05, 0.1) is 18.2 Å². The van der Waals surface area contributed by atoms with Crippen molar-refractivity contribution in [1.29, 1.82) is 0 Å². The van der Waals surface area contributed by atoms with Crippen molar-refractivity contribution in [2.24, 2.45) is 5.73 Å². The van der Waals surface area contributed by atoms with Crippen molar-refractivity contribution >= 4 is 27.5 Å². The number of ether oxygens (including phenoxy) is 1. The van der Waals surface area contributed by atoms with E-state index in [4.69, 9.17) is 22.1 Å². The molecule has 1 unspecified atom stereocenters. The highest BCUT2D eigenvalue weighted by Crippen LogP contribution is 2.39. The number of benzene rings is 2. The molecule has 0 aromatic heterocycles. The van der Waals surface area contributed by atoms with E-state index in [0.29, 0.717) is 11.3 Å². The van der Waals surface area contributed by atoms with Gasteiger partial charge < -0.3 is 10.5 Å². The lowest BCUT2D eigenvalue weighted by Gasteiger charge is -2.22. The Bertz CT molecular complexity index is 690. The maximum Gasteiger partial charge on any atom is 0.146 e. The van der Waals surface area contributed by atoms with Crippen LogP contribution in [0.5, 0.6) is 5.75 Å². The second-order valence-corrected chi connectivity index (χ2v) is 6.13. The molecule has 2 N–H and O–H groups in total. The summed E-state index contributed by atoms with van der Waals surface area (Å²) in [5, 5.41) is 0.0614. The van der Waals surface area contributed by atoms with Gasteiger partial charge in [-0.15, -0.1) is 0 Å². The van der Waals surface area contributed by atoms with E-state index in [1.165, 1.54) is 6.07 Å². The molecule has 0 aliphatic carbocycles. The predicted octanol–water partition coefficient (Wildman–Crippen LogP) is 4.92. The van der Waals surface area contributed by atoms with E-state index < -0.39 is 11.9 Å². The number of methoxy groups -OCH3 is 1. The molecule has 0 amide bonds. The first kappa shape index (κ1) is 16.3. The van der Waals surface area contributed by atoms with Crippen LogP contribution in [0.3, 0.4) is 0 Å². The SMILES string of the molecule is COc1c(C)cc(Br)c(C)c1C(N)c1cccc(Cl)c1F. The zero-order valence-corrected chi connectivity index (χ0v) is 14.3. The molecule has 2 aromatic rings. The Hall–Kier alpha value is -1.10. The fourth-order valence-corrected chi connectivity index (χ4v) is 3.18. The van der Waals surface area contributed by atoms with Gasteiger partial charge in [0.25, 0.3) is 0 Å². The molecule has 0 saturated heterocycles. The van der Waals surface area contributed by atoms with E-state index >= 15 is 0 Å². The second-order valence-electron chi connectivity index (χ2n) is 4.87. The van der Waals surface area contributed by atoms with Crippen LogP contribution in [0.1, 0.15) is 28.3 Å². The second kappa shape index (κ2) is 6.34. The summed E-state index contributed by atoms with van der Waals surface area (Å²) in [5.41, 5.74) is 9.26. The van der Waals surface area contributed by atoms with Crippen LogP contribution in [0.4, 0.5) is 4.39 Å². The van der Waals surface area contributed by atoms with Crippen molar-refractivity contribution < 1.29 is 9.13 Å². The van der Waals surface area contributed by atoms with Gasteiger partial charge in [-0.1, -0.05) is 39.7 Å². The third kappa shape index (κ3) is 2.93. The lowest BCUT2D eigenvalue weighted by molar-refractivity contribution is 0.403. The number of aryl methyl sites for hydroxylation is 1. The van der Waals surface area contributed by atoms with Crippen LogP contribution in [0.2, 0.25) is 5.02 Å². The number of hydrogen-bond acceptors (Lipinski definition) is 2. The van der Waals surface area contributed by atoms with Crippen molar-refractivity contribution in [3.63, 3.8) is 0 Å². The number of rotatable bonds is 3. The zero-order valence-electron chi connectivity index (χ0n) is 12.0. The van der Waals surface area contributed by atoms with Crippen LogP contribution in [-0.4, -0.2) is 7.11 Å². The fourth-order valence-electron chi connectivity index (χ4n) is 2.44. The summed E-state index contributed by atoms with van der Waals surface area (Å²) in [6, 6.07) is 6.13. The van der Waals surface area contributed by atoms with Crippen molar-refractivity contribution in [3.05, 3.63) is 61.8 Å². The molecular formula is C16H16BrClFNO. The van der Waals surface area contributed by atoms with Crippen LogP contribution in [0.25, 0.3) is 0 Å². The predicted molar refractivity (Wildman–Crippen MR) is 87.6 cm³/mol. The molecule has 112 valence electrons. The molecule has 0 saturated carbocycles. The van der Waals surface area contributed by atoms with Gasteiger partial charge in [-0.2, -0.15) is 0 Å². The fraction of sp³-hybridized carbons (Fsp3) is 0.250. The third-order valence-electron chi connectivity index (χ3n) is 3.54. The monoisotopic (exact) mass is 371 g/mol. The number of hydrogen-bond donors (Lipinski definition) is 1. The molecule has 0 fully saturated rings. The first-order valence-corrected chi connectivity index (χ1v) is 7.58. The van der Waals surface area contributed by atoms with Crippen LogP contribution < -0.4 is 10.5 Å². The Morgan fingerprint density at radius 1 is 1.33 bits per heavy atom. The maximum atomic E-state index is 14.2. The van der Waals surface area contributed by atoms with Gasteiger partial charge in [-0.05, 0) is 37.1 Å². The van der Waals surface area contributed by atoms with Gasteiger partial charge in [0.2, 0.25) is 0 Å². The Kier molecular flexibility index (Phi) is 4.91. The molecule has 2 rings (SSSR count). The van der Waals surface area contributed by atoms with Crippen molar-refractivity contribution in [2.75, 3.05) is 7.11 Å². The molecule has 0 spiro atoms. The average Bonchev–Trinajstić information content (AvgIpc) is 2.44. The van der Waals surface area contributed by atoms with Gasteiger partial charge in [0.15, 0.2) is 0 Å². The van der Waals surface area contributed by atoms with E-state index in [1.807, 2.05) is 19.9 Å². The smallest absolute Gasteiger partial charge is 0.146 e.